The summed E-state index contributed by atoms with van der Waals surface area (Å²) in [5.74, 6) is -0.528. The summed E-state index contributed by atoms with van der Waals surface area (Å²) in [7, 11) is 1.58. The predicted molar refractivity (Wildman–Crippen MR) is 121 cm³/mol. The number of hydrogen-bond acceptors (Lipinski definition) is 4. The minimum Gasteiger partial charge on any atom is -0.496 e. The molecular formula is C25H28N2O5. The van der Waals surface area contributed by atoms with Crippen molar-refractivity contribution >= 4 is 22.8 Å². The lowest BCUT2D eigenvalue weighted by molar-refractivity contribution is -0.00667. The van der Waals surface area contributed by atoms with Crippen molar-refractivity contribution in [3.05, 3.63) is 64.8 Å². The molecule has 3 aromatic rings. The highest BCUT2D eigenvalue weighted by molar-refractivity contribution is 6.09. The largest absolute Gasteiger partial charge is 0.496 e. The molecule has 0 bridgehead atoms. The van der Waals surface area contributed by atoms with Gasteiger partial charge in [-0.25, -0.2) is 4.79 Å². The Morgan fingerprint density at radius 1 is 1.22 bits per heavy atom. The van der Waals surface area contributed by atoms with E-state index in [0.717, 1.165) is 28.5 Å². The number of fused-ring (bicyclic) bond motifs is 1. The minimum absolute atomic E-state index is 0.0420. The SMILES string of the molecule is CCO[C@H]1CCN(C(=O)c2c(OC)cc(C)c3[nH]ccc23)[C@H](c2ccc(C(=O)O)cc2)C1. The van der Waals surface area contributed by atoms with Crippen LogP contribution in [0, 0.1) is 6.92 Å². The molecule has 0 unspecified atom stereocenters. The number of hydrogen-bond donors (Lipinski definition) is 2. The van der Waals surface area contributed by atoms with Crippen LogP contribution < -0.4 is 4.74 Å². The Balaban J connectivity index is 1.76. The Morgan fingerprint density at radius 3 is 2.62 bits per heavy atom. The molecule has 2 atom stereocenters. The Kier molecular flexibility index (Phi) is 6.19. The van der Waals surface area contributed by atoms with Crippen molar-refractivity contribution in [2.45, 2.75) is 38.8 Å². The molecule has 32 heavy (non-hydrogen) atoms. The summed E-state index contributed by atoms with van der Waals surface area (Å²) < 4.78 is 11.5. The second-order valence-electron chi connectivity index (χ2n) is 8.08. The molecule has 2 N–H and O–H groups in total. The first kappa shape index (κ1) is 21.9. The third-order valence-corrected chi connectivity index (χ3v) is 6.20. The monoisotopic (exact) mass is 436 g/mol. The highest BCUT2D eigenvalue weighted by atomic mass is 16.5. The average Bonchev–Trinajstić information content (AvgIpc) is 3.29. The molecule has 2 aromatic carbocycles. The van der Waals surface area contributed by atoms with Crippen molar-refractivity contribution in [2.24, 2.45) is 0 Å². The lowest BCUT2D eigenvalue weighted by Gasteiger charge is -2.40. The van der Waals surface area contributed by atoms with Gasteiger partial charge in [0.05, 0.1) is 30.4 Å². The summed E-state index contributed by atoms with van der Waals surface area (Å²) in [4.78, 5) is 30.3. The van der Waals surface area contributed by atoms with E-state index in [9.17, 15) is 14.7 Å². The number of nitrogens with zero attached hydrogens (tertiary/aromatic N) is 1. The second kappa shape index (κ2) is 9.04. The Morgan fingerprint density at radius 2 is 1.97 bits per heavy atom. The van der Waals surface area contributed by atoms with Gasteiger partial charge in [0, 0.05) is 30.3 Å². The number of likely N-dealkylation sites (tertiary alicyclic amines) is 1. The molecule has 1 fully saturated rings. The number of piperidine rings is 1. The first-order valence-corrected chi connectivity index (χ1v) is 10.8. The summed E-state index contributed by atoms with van der Waals surface area (Å²) in [6.45, 7) is 5.10. The van der Waals surface area contributed by atoms with Gasteiger partial charge in [-0.05, 0) is 62.1 Å². The van der Waals surface area contributed by atoms with Crippen LogP contribution in [0.3, 0.4) is 0 Å². The van der Waals surface area contributed by atoms with Gasteiger partial charge in [-0.3, -0.25) is 4.79 Å². The number of H-pyrrole nitrogens is 1. The molecule has 0 aliphatic carbocycles. The number of rotatable bonds is 6. The maximum Gasteiger partial charge on any atom is 0.335 e. The lowest BCUT2D eigenvalue weighted by atomic mass is 9.91. The number of aromatic amines is 1. The molecule has 1 saturated heterocycles. The zero-order chi connectivity index (χ0) is 22.8. The van der Waals surface area contributed by atoms with Crippen LogP contribution in [0.1, 0.15) is 57.7 Å². The fourth-order valence-corrected chi connectivity index (χ4v) is 4.63. The van der Waals surface area contributed by atoms with E-state index >= 15 is 0 Å². The van der Waals surface area contributed by atoms with E-state index in [1.54, 1.807) is 31.4 Å². The van der Waals surface area contributed by atoms with Gasteiger partial charge in [-0.1, -0.05) is 12.1 Å². The number of methoxy groups -OCH3 is 1. The smallest absolute Gasteiger partial charge is 0.335 e. The number of benzene rings is 2. The maximum atomic E-state index is 13.9. The molecule has 1 amide bonds. The molecule has 0 saturated carbocycles. The minimum atomic E-state index is -0.973. The molecule has 4 rings (SSSR count). The predicted octanol–water partition coefficient (Wildman–Crippen LogP) is 4.57. The van der Waals surface area contributed by atoms with Crippen LogP contribution in [0.25, 0.3) is 10.9 Å². The van der Waals surface area contributed by atoms with E-state index in [2.05, 4.69) is 4.98 Å². The number of ether oxygens (including phenoxy) is 2. The highest BCUT2D eigenvalue weighted by Gasteiger charge is 2.35. The average molecular weight is 437 g/mol. The first-order chi connectivity index (χ1) is 15.4. The van der Waals surface area contributed by atoms with E-state index in [1.165, 1.54) is 0 Å². The summed E-state index contributed by atoms with van der Waals surface area (Å²) in [5, 5.41) is 10.1. The molecule has 1 aliphatic heterocycles. The van der Waals surface area contributed by atoms with Crippen LogP contribution in [0.2, 0.25) is 0 Å². The van der Waals surface area contributed by atoms with Crippen LogP contribution >= 0.6 is 0 Å². The normalized spacial score (nSPS) is 18.7. The van der Waals surface area contributed by atoms with Crippen molar-refractivity contribution in [3.8, 4) is 5.75 Å². The summed E-state index contributed by atoms with van der Waals surface area (Å²) in [6, 6.07) is 10.3. The van der Waals surface area contributed by atoms with Crippen LogP contribution in [0.4, 0.5) is 0 Å². The third-order valence-electron chi connectivity index (χ3n) is 6.20. The van der Waals surface area contributed by atoms with E-state index in [4.69, 9.17) is 9.47 Å². The highest BCUT2D eigenvalue weighted by Crippen LogP contribution is 2.37. The number of carboxylic acid groups (broad SMARTS) is 1. The molecule has 1 aliphatic rings. The number of aromatic carboxylic acids is 1. The molecular weight excluding hydrogens is 408 g/mol. The summed E-state index contributed by atoms with van der Waals surface area (Å²) >= 11 is 0. The number of aromatic nitrogens is 1. The first-order valence-electron chi connectivity index (χ1n) is 10.8. The Labute approximate surface area is 186 Å². The van der Waals surface area contributed by atoms with Gasteiger partial charge in [0.1, 0.15) is 5.75 Å². The van der Waals surface area contributed by atoms with Gasteiger partial charge in [-0.15, -0.1) is 0 Å². The van der Waals surface area contributed by atoms with Gasteiger partial charge in [0.15, 0.2) is 0 Å². The quantitative estimate of drug-likeness (QED) is 0.591. The molecule has 7 nitrogen and oxygen atoms in total. The summed E-state index contributed by atoms with van der Waals surface area (Å²) in [6.07, 6.45) is 3.27. The van der Waals surface area contributed by atoms with Gasteiger partial charge in [0.2, 0.25) is 0 Å². The van der Waals surface area contributed by atoms with Crippen molar-refractivity contribution in [1.29, 1.82) is 0 Å². The third kappa shape index (κ3) is 3.96. The fourth-order valence-electron chi connectivity index (χ4n) is 4.63. The lowest BCUT2D eigenvalue weighted by Crippen LogP contribution is -2.43. The van der Waals surface area contributed by atoms with E-state index in [0.29, 0.717) is 30.9 Å². The number of carboxylic acids is 1. The van der Waals surface area contributed by atoms with Crippen molar-refractivity contribution < 1.29 is 24.2 Å². The Hall–Kier alpha value is -3.32. The van der Waals surface area contributed by atoms with Crippen molar-refractivity contribution in [3.63, 3.8) is 0 Å². The van der Waals surface area contributed by atoms with Gasteiger partial charge in [0.25, 0.3) is 5.91 Å². The van der Waals surface area contributed by atoms with Crippen LogP contribution in [0.15, 0.2) is 42.6 Å². The van der Waals surface area contributed by atoms with Crippen molar-refractivity contribution in [2.75, 3.05) is 20.3 Å². The van der Waals surface area contributed by atoms with Gasteiger partial charge < -0.3 is 24.5 Å². The molecule has 7 heteroatoms. The van der Waals surface area contributed by atoms with Gasteiger partial charge in [-0.2, -0.15) is 0 Å². The molecule has 2 heterocycles. The molecule has 0 spiro atoms. The van der Waals surface area contributed by atoms with E-state index in [-0.39, 0.29) is 23.6 Å². The van der Waals surface area contributed by atoms with Crippen LogP contribution in [-0.2, 0) is 4.74 Å². The standard InChI is InChI=1S/C25H28N2O5/c1-4-32-18-10-12-27(20(14-18)16-5-7-17(8-6-16)25(29)30)24(28)22-19-9-11-26-23(19)15(2)13-21(22)31-3/h5-9,11,13,18,20,26H,4,10,12,14H2,1-3H3,(H,29,30)/t18-,20-/m0/s1. The molecule has 0 radical (unpaired) electrons. The zero-order valence-corrected chi connectivity index (χ0v) is 18.6. The number of amides is 1. The summed E-state index contributed by atoms with van der Waals surface area (Å²) in [5.41, 5.74) is 3.58. The van der Waals surface area contributed by atoms with E-state index in [1.807, 2.05) is 37.1 Å². The fraction of sp³-hybridized carbons (Fsp3) is 0.360. The van der Waals surface area contributed by atoms with Crippen molar-refractivity contribution in [1.82, 2.24) is 9.88 Å². The van der Waals surface area contributed by atoms with Crippen LogP contribution in [-0.4, -0.2) is 53.2 Å². The number of carbonyl (C=O) groups is 2. The van der Waals surface area contributed by atoms with Gasteiger partial charge >= 0.3 is 5.97 Å². The Bertz CT molecular complexity index is 1140. The van der Waals surface area contributed by atoms with Crippen LogP contribution in [0.5, 0.6) is 5.75 Å². The molecule has 168 valence electrons. The topological polar surface area (TPSA) is 91.9 Å². The zero-order valence-electron chi connectivity index (χ0n) is 18.6. The number of nitrogens with one attached hydrogen (secondary N) is 1. The number of aryl methyl sites for hydroxylation is 1. The maximum absolute atomic E-state index is 13.9. The second-order valence-corrected chi connectivity index (χ2v) is 8.08. The molecule has 1 aromatic heterocycles. The van der Waals surface area contributed by atoms with E-state index < -0.39 is 5.97 Å². The number of carbonyl (C=O) groups excluding carboxylic acids is 1.